The Morgan fingerprint density at radius 1 is 1.45 bits per heavy atom. The first-order valence-electron chi connectivity index (χ1n) is 7.00. The minimum Gasteiger partial charge on any atom is -0.327 e. The van der Waals surface area contributed by atoms with Gasteiger partial charge in [-0.15, -0.1) is 11.6 Å². The third-order valence-electron chi connectivity index (χ3n) is 4.45. The molecule has 1 aromatic carbocycles. The van der Waals surface area contributed by atoms with Crippen LogP contribution in [0, 0.1) is 17.7 Å². The molecule has 1 saturated carbocycles. The Morgan fingerprint density at radius 3 is 2.90 bits per heavy atom. The van der Waals surface area contributed by atoms with Crippen LogP contribution in [0.15, 0.2) is 16.6 Å². The maximum Gasteiger partial charge on any atom is 0.139 e. The summed E-state index contributed by atoms with van der Waals surface area (Å²) >= 11 is 9.27. The van der Waals surface area contributed by atoms with E-state index in [1.807, 2.05) is 6.07 Å². The summed E-state index contributed by atoms with van der Waals surface area (Å²) in [6.07, 6.45) is 3.85. The molecule has 0 N–H and O–H groups in total. The average molecular weight is 360 g/mol. The minimum atomic E-state index is -0.280. The second-order valence-corrected chi connectivity index (χ2v) is 6.82. The zero-order chi connectivity index (χ0) is 14.3. The number of halogens is 3. The van der Waals surface area contributed by atoms with Crippen molar-refractivity contribution in [3.8, 4) is 0 Å². The van der Waals surface area contributed by atoms with E-state index < -0.39 is 0 Å². The van der Waals surface area contributed by atoms with Gasteiger partial charge in [-0.2, -0.15) is 0 Å². The molecule has 2 aromatic rings. The molecule has 0 saturated heterocycles. The van der Waals surface area contributed by atoms with Gasteiger partial charge in [-0.1, -0.05) is 19.8 Å². The van der Waals surface area contributed by atoms with Crippen molar-refractivity contribution in [2.45, 2.75) is 38.6 Å². The van der Waals surface area contributed by atoms with Gasteiger partial charge in [-0.3, -0.25) is 0 Å². The number of alkyl halides is 1. The third-order valence-corrected chi connectivity index (χ3v) is 5.29. The van der Waals surface area contributed by atoms with Gasteiger partial charge in [-0.05, 0) is 40.3 Å². The van der Waals surface area contributed by atoms with Crippen molar-refractivity contribution < 1.29 is 4.39 Å². The van der Waals surface area contributed by atoms with E-state index in [9.17, 15) is 4.39 Å². The van der Waals surface area contributed by atoms with E-state index in [4.69, 9.17) is 11.6 Å². The molecule has 1 aliphatic rings. The van der Waals surface area contributed by atoms with Crippen molar-refractivity contribution in [2.24, 2.45) is 11.8 Å². The first kappa shape index (κ1) is 14.3. The number of benzene rings is 1. The highest BCUT2D eigenvalue weighted by Crippen LogP contribution is 2.34. The van der Waals surface area contributed by atoms with E-state index >= 15 is 0 Å². The highest BCUT2D eigenvalue weighted by atomic mass is 79.9. The van der Waals surface area contributed by atoms with Crippen LogP contribution >= 0.6 is 27.5 Å². The Labute approximate surface area is 131 Å². The minimum absolute atomic E-state index is 0.280. The number of aromatic nitrogens is 2. The lowest BCUT2D eigenvalue weighted by atomic mass is 9.98. The molecule has 2 unspecified atom stereocenters. The number of rotatable bonds is 3. The lowest BCUT2D eigenvalue weighted by Crippen LogP contribution is -2.14. The van der Waals surface area contributed by atoms with Crippen molar-refractivity contribution in [2.75, 3.05) is 0 Å². The molecular formula is C15H17BrClFN2. The molecule has 0 radical (unpaired) electrons. The molecular weight excluding hydrogens is 343 g/mol. The molecule has 2 atom stereocenters. The van der Waals surface area contributed by atoms with Crippen molar-refractivity contribution in [3.63, 3.8) is 0 Å². The van der Waals surface area contributed by atoms with Crippen molar-refractivity contribution in [1.82, 2.24) is 9.55 Å². The summed E-state index contributed by atoms with van der Waals surface area (Å²) in [6.45, 7) is 3.24. The molecule has 108 valence electrons. The van der Waals surface area contributed by atoms with Gasteiger partial charge in [0.1, 0.15) is 11.6 Å². The standard InChI is InChI=1S/C15H17BrClFN2/c1-9-3-2-4-10(9)8-20-14-5-11(16)12(18)6-13(14)19-15(20)7-17/h5-6,9-10H,2-4,7-8H2,1H3. The van der Waals surface area contributed by atoms with Crippen LogP contribution in [0.3, 0.4) is 0 Å². The maximum atomic E-state index is 13.6. The van der Waals surface area contributed by atoms with E-state index in [0.29, 0.717) is 21.8 Å². The van der Waals surface area contributed by atoms with Gasteiger partial charge in [0.05, 0.1) is 21.4 Å². The van der Waals surface area contributed by atoms with Crippen LogP contribution < -0.4 is 0 Å². The van der Waals surface area contributed by atoms with Crippen LogP contribution in [0.5, 0.6) is 0 Å². The van der Waals surface area contributed by atoms with Gasteiger partial charge in [0.15, 0.2) is 0 Å². The highest BCUT2D eigenvalue weighted by Gasteiger charge is 2.25. The van der Waals surface area contributed by atoms with E-state index in [1.54, 1.807) is 0 Å². The van der Waals surface area contributed by atoms with E-state index in [1.165, 1.54) is 25.3 Å². The van der Waals surface area contributed by atoms with Crippen molar-refractivity contribution in [1.29, 1.82) is 0 Å². The number of fused-ring (bicyclic) bond motifs is 1. The van der Waals surface area contributed by atoms with Crippen LogP contribution in [-0.2, 0) is 12.4 Å². The van der Waals surface area contributed by atoms with Gasteiger partial charge in [-0.25, -0.2) is 9.37 Å². The second-order valence-electron chi connectivity index (χ2n) is 5.70. The summed E-state index contributed by atoms with van der Waals surface area (Å²) in [5.41, 5.74) is 1.65. The fraction of sp³-hybridized carbons (Fsp3) is 0.533. The smallest absolute Gasteiger partial charge is 0.139 e. The molecule has 1 heterocycles. The Kier molecular flexibility index (Phi) is 4.04. The van der Waals surface area contributed by atoms with Gasteiger partial charge >= 0.3 is 0 Å². The van der Waals surface area contributed by atoms with Crippen LogP contribution in [0.2, 0.25) is 0 Å². The van der Waals surface area contributed by atoms with Crippen LogP contribution in [0.25, 0.3) is 11.0 Å². The lowest BCUT2D eigenvalue weighted by molar-refractivity contribution is 0.364. The molecule has 1 fully saturated rings. The summed E-state index contributed by atoms with van der Waals surface area (Å²) < 4.78 is 16.3. The van der Waals surface area contributed by atoms with Crippen LogP contribution in [-0.4, -0.2) is 9.55 Å². The Bertz CT molecular complexity index is 640. The van der Waals surface area contributed by atoms with E-state index in [2.05, 4.69) is 32.4 Å². The highest BCUT2D eigenvalue weighted by molar-refractivity contribution is 9.10. The number of imidazole rings is 1. The Balaban J connectivity index is 2.05. The van der Waals surface area contributed by atoms with Crippen LogP contribution in [0.1, 0.15) is 32.0 Å². The molecule has 1 aliphatic carbocycles. The zero-order valence-electron chi connectivity index (χ0n) is 11.4. The average Bonchev–Trinajstić information content (AvgIpc) is 2.96. The first-order chi connectivity index (χ1) is 9.60. The number of nitrogens with zero attached hydrogens (tertiary/aromatic N) is 2. The molecule has 3 rings (SSSR count). The normalized spacial score (nSPS) is 22.8. The molecule has 20 heavy (non-hydrogen) atoms. The molecule has 1 aromatic heterocycles. The molecule has 5 heteroatoms. The SMILES string of the molecule is CC1CCCC1Cn1c(CCl)nc2cc(F)c(Br)cc21. The predicted molar refractivity (Wildman–Crippen MR) is 83.5 cm³/mol. The quantitative estimate of drug-likeness (QED) is 0.696. The van der Waals surface area contributed by atoms with Gasteiger partial charge in [0, 0.05) is 12.6 Å². The van der Waals surface area contributed by atoms with Gasteiger partial charge in [0.2, 0.25) is 0 Å². The van der Waals surface area contributed by atoms with Crippen LogP contribution in [0.4, 0.5) is 4.39 Å². The third kappa shape index (κ3) is 2.48. The molecule has 0 bridgehead atoms. The summed E-state index contributed by atoms with van der Waals surface area (Å²) in [4.78, 5) is 4.47. The van der Waals surface area contributed by atoms with E-state index in [-0.39, 0.29) is 5.82 Å². The largest absolute Gasteiger partial charge is 0.327 e. The maximum absolute atomic E-state index is 13.6. The fourth-order valence-corrected chi connectivity index (χ4v) is 3.74. The van der Waals surface area contributed by atoms with Crippen molar-refractivity contribution >= 4 is 38.6 Å². The summed E-state index contributed by atoms with van der Waals surface area (Å²) in [7, 11) is 0. The molecule has 2 nitrogen and oxygen atoms in total. The fourth-order valence-electron chi connectivity index (χ4n) is 3.20. The topological polar surface area (TPSA) is 17.8 Å². The lowest BCUT2D eigenvalue weighted by Gasteiger charge is -2.18. The molecule has 0 aliphatic heterocycles. The van der Waals surface area contributed by atoms with Gasteiger partial charge < -0.3 is 4.57 Å². The summed E-state index contributed by atoms with van der Waals surface area (Å²) in [6, 6.07) is 3.29. The molecule has 0 spiro atoms. The van der Waals surface area contributed by atoms with Crippen molar-refractivity contribution in [3.05, 3.63) is 28.2 Å². The number of hydrogen-bond acceptors (Lipinski definition) is 1. The van der Waals surface area contributed by atoms with Gasteiger partial charge in [0.25, 0.3) is 0 Å². The monoisotopic (exact) mass is 358 g/mol. The van der Waals surface area contributed by atoms with E-state index in [0.717, 1.165) is 23.8 Å². The zero-order valence-corrected chi connectivity index (χ0v) is 13.7. The summed E-state index contributed by atoms with van der Waals surface area (Å²) in [5.74, 6) is 2.31. The second kappa shape index (κ2) is 5.64. The summed E-state index contributed by atoms with van der Waals surface area (Å²) in [5, 5.41) is 0. The predicted octanol–water partition coefficient (Wildman–Crippen LogP) is 5.11. The molecule has 0 amide bonds. The first-order valence-corrected chi connectivity index (χ1v) is 8.33. The Morgan fingerprint density at radius 2 is 2.25 bits per heavy atom. The Hall–Kier alpha value is -0.610. The number of hydrogen-bond donors (Lipinski definition) is 0.